The molecule has 3 amide bonds. The first-order chi connectivity index (χ1) is 15.1. The molecule has 1 fully saturated rings. The summed E-state index contributed by atoms with van der Waals surface area (Å²) in [5, 5.41) is 23.3. The summed E-state index contributed by atoms with van der Waals surface area (Å²) >= 11 is 5.89. The highest BCUT2D eigenvalue weighted by Crippen LogP contribution is 2.34. The average Bonchev–Trinajstić information content (AvgIpc) is 3.23. The summed E-state index contributed by atoms with van der Waals surface area (Å²) in [7, 11) is 1.30. The Morgan fingerprint density at radius 1 is 1.31 bits per heavy atom. The molecule has 0 spiro atoms. The number of nitrogens with zero attached hydrogens (tertiary/aromatic N) is 1. The number of aromatic hydroxyl groups is 1. The third kappa shape index (κ3) is 5.88. The Kier molecular flexibility index (Phi) is 8.41. The first-order valence-electron chi connectivity index (χ1n) is 9.74. The second-order valence-corrected chi connectivity index (χ2v) is 7.65. The number of benzene rings is 1. The molecule has 32 heavy (non-hydrogen) atoms. The Morgan fingerprint density at radius 2 is 2.00 bits per heavy atom. The highest BCUT2D eigenvalue weighted by molar-refractivity contribution is 6.32. The molecule has 11 nitrogen and oxygen atoms in total. The van der Waals surface area contributed by atoms with Gasteiger partial charge >= 0.3 is 5.97 Å². The van der Waals surface area contributed by atoms with Crippen LogP contribution in [0.2, 0.25) is 5.02 Å². The fourth-order valence-electron chi connectivity index (χ4n) is 3.35. The number of rotatable bonds is 9. The molecule has 3 atom stereocenters. The summed E-state index contributed by atoms with van der Waals surface area (Å²) in [6.45, 7) is 1.71. The van der Waals surface area contributed by atoms with Gasteiger partial charge in [-0.3, -0.25) is 19.2 Å². The van der Waals surface area contributed by atoms with Gasteiger partial charge in [-0.15, -0.1) is 0 Å². The zero-order chi connectivity index (χ0) is 24.0. The maximum absolute atomic E-state index is 12.9. The molecular weight excluding hydrogens is 446 g/mol. The molecule has 0 radical (unpaired) electrons. The smallest absolute Gasteiger partial charge is 0.305 e. The van der Waals surface area contributed by atoms with Gasteiger partial charge in [0.2, 0.25) is 11.8 Å². The Balaban J connectivity index is 2.07. The number of hydrogen-bond donors (Lipinski definition) is 4. The lowest BCUT2D eigenvalue weighted by Crippen LogP contribution is -2.54. The van der Waals surface area contributed by atoms with Crippen molar-refractivity contribution < 1.29 is 38.9 Å². The third-order valence-corrected chi connectivity index (χ3v) is 5.24. The van der Waals surface area contributed by atoms with Crippen LogP contribution in [0.4, 0.5) is 0 Å². The number of amides is 3. The number of carboxylic acids is 1. The van der Waals surface area contributed by atoms with E-state index in [9.17, 15) is 29.1 Å². The standard InChI is InChI=1S/C20H24ClN3O8/c1-10(22-18(29)11-6-13(21)17(28)15(7-11)32-2)20(31)24-5-3-4-14(24)19(30)23-12(9-25)8-16(26)27/h6-7,9-10,12,14,28H,3-5,8H2,1-2H3,(H,22,29)(H,23,30)(H,26,27)/t10-,12?,14-/m0/s1. The van der Waals surface area contributed by atoms with Gasteiger partial charge in [-0.05, 0) is 31.9 Å². The van der Waals surface area contributed by atoms with Gasteiger partial charge in [0.05, 0.1) is 24.6 Å². The summed E-state index contributed by atoms with van der Waals surface area (Å²) in [6.07, 6.45) is 0.621. The van der Waals surface area contributed by atoms with Crippen molar-refractivity contribution in [2.45, 2.75) is 44.3 Å². The monoisotopic (exact) mass is 469 g/mol. The van der Waals surface area contributed by atoms with E-state index in [0.717, 1.165) is 0 Å². The number of carbonyl (C=O) groups is 5. The maximum Gasteiger partial charge on any atom is 0.305 e. The molecule has 2 rings (SSSR count). The van der Waals surface area contributed by atoms with Crippen molar-refractivity contribution in [2.24, 2.45) is 0 Å². The highest BCUT2D eigenvalue weighted by Gasteiger charge is 2.37. The van der Waals surface area contributed by atoms with Crippen LogP contribution >= 0.6 is 11.6 Å². The lowest BCUT2D eigenvalue weighted by molar-refractivity contribution is -0.141. The van der Waals surface area contributed by atoms with Crippen LogP contribution in [0.1, 0.15) is 36.5 Å². The van der Waals surface area contributed by atoms with Gasteiger partial charge in [0.15, 0.2) is 11.5 Å². The largest absolute Gasteiger partial charge is 0.503 e. The minimum absolute atomic E-state index is 0.0102. The molecule has 0 saturated carbocycles. The van der Waals surface area contributed by atoms with E-state index in [0.29, 0.717) is 19.1 Å². The Morgan fingerprint density at radius 3 is 2.59 bits per heavy atom. The van der Waals surface area contributed by atoms with E-state index in [2.05, 4.69) is 10.6 Å². The van der Waals surface area contributed by atoms with E-state index in [1.807, 2.05) is 0 Å². The minimum atomic E-state index is -1.25. The minimum Gasteiger partial charge on any atom is -0.503 e. The van der Waals surface area contributed by atoms with E-state index >= 15 is 0 Å². The van der Waals surface area contributed by atoms with Gasteiger partial charge in [-0.25, -0.2) is 0 Å². The zero-order valence-corrected chi connectivity index (χ0v) is 18.2. The molecule has 174 valence electrons. The molecule has 1 aromatic rings. The SMILES string of the molecule is COc1cc(C(=O)N[C@@H](C)C(=O)N2CCC[C@H]2C(=O)NC(C=O)CC(=O)O)cc(Cl)c1O. The van der Waals surface area contributed by atoms with Gasteiger partial charge < -0.3 is 35.3 Å². The van der Waals surface area contributed by atoms with Crippen LogP contribution < -0.4 is 15.4 Å². The van der Waals surface area contributed by atoms with Crippen molar-refractivity contribution in [2.75, 3.05) is 13.7 Å². The number of halogens is 1. The van der Waals surface area contributed by atoms with Crippen molar-refractivity contribution in [3.63, 3.8) is 0 Å². The van der Waals surface area contributed by atoms with Crippen LogP contribution in [0.15, 0.2) is 12.1 Å². The van der Waals surface area contributed by atoms with Crippen molar-refractivity contribution in [3.05, 3.63) is 22.7 Å². The Bertz CT molecular complexity index is 922. The third-order valence-electron chi connectivity index (χ3n) is 4.95. The Labute approximate surface area is 188 Å². The number of aldehydes is 1. The van der Waals surface area contributed by atoms with Crippen LogP contribution in [0.25, 0.3) is 0 Å². The van der Waals surface area contributed by atoms with E-state index in [-0.39, 0.29) is 28.6 Å². The van der Waals surface area contributed by atoms with Gasteiger partial charge in [-0.1, -0.05) is 11.6 Å². The average molecular weight is 470 g/mol. The number of likely N-dealkylation sites (tertiary alicyclic amines) is 1. The summed E-state index contributed by atoms with van der Waals surface area (Å²) in [5.41, 5.74) is 0.0579. The second-order valence-electron chi connectivity index (χ2n) is 7.24. The molecule has 12 heteroatoms. The number of phenolic OH excluding ortho intramolecular Hbond substituents is 1. The lowest BCUT2D eigenvalue weighted by atomic mass is 10.1. The van der Waals surface area contributed by atoms with Crippen LogP contribution in [0.3, 0.4) is 0 Å². The molecule has 1 aromatic carbocycles. The fourth-order valence-corrected chi connectivity index (χ4v) is 3.56. The van der Waals surface area contributed by atoms with E-state index in [1.54, 1.807) is 0 Å². The van der Waals surface area contributed by atoms with Crippen molar-refractivity contribution in [1.29, 1.82) is 0 Å². The summed E-state index contributed by atoms with van der Waals surface area (Å²) in [5.74, 6) is -3.38. The fraction of sp³-hybridized carbons (Fsp3) is 0.450. The number of hydrogen-bond acceptors (Lipinski definition) is 7. The number of phenols is 1. The first-order valence-corrected chi connectivity index (χ1v) is 10.1. The number of carboxylic acid groups (broad SMARTS) is 1. The highest BCUT2D eigenvalue weighted by atomic mass is 35.5. The molecule has 0 aromatic heterocycles. The molecule has 1 aliphatic heterocycles. The van der Waals surface area contributed by atoms with Crippen LogP contribution in [-0.4, -0.2) is 76.9 Å². The van der Waals surface area contributed by atoms with Gasteiger partial charge in [0.25, 0.3) is 5.91 Å². The van der Waals surface area contributed by atoms with Gasteiger partial charge in [-0.2, -0.15) is 0 Å². The number of nitrogens with one attached hydrogen (secondary N) is 2. The predicted molar refractivity (Wildman–Crippen MR) is 112 cm³/mol. The molecular formula is C20H24ClN3O8. The van der Waals surface area contributed by atoms with Crippen molar-refractivity contribution in [1.82, 2.24) is 15.5 Å². The quantitative estimate of drug-likeness (QED) is 0.376. The van der Waals surface area contributed by atoms with Gasteiger partial charge in [0.1, 0.15) is 18.4 Å². The molecule has 1 heterocycles. The van der Waals surface area contributed by atoms with Crippen molar-refractivity contribution >= 4 is 41.6 Å². The lowest BCUT2D eigenvalue weighted by Gasteiger charge is -2.27. The van der Waals surface area contributed by atoms with Crippen molar-refractivity contribution in [3.8, 4) is 11.5 Å². The number of methoxy groups -OCH3 is 1. The van der Waals surface area contributed by atoms with Crippen LogP contribution in [0.5, 0.6) is 11.5 Å². The number of carbonyl (C=O) groups excluding carboxylic acids is 4. The maximum atomic E-state index is 12.9. The topological polar surface area (TPSA) is 162 Å². The first kappa shape index (κ1) is 24.9. The van der Waals surface area contributed by atoms with Gasteiger partial charge in [0, 0.05) is 12.1 Å². The van der Waals surface area contributed by atoms with Crippen LogP contribution in [-0.2, 0) is 19.2 Å². The summed E-state index contributed by atoms with van der Waals surface area (Å²) < 4.78 is 4.96. The summed E-state index contributed by atoms with van der Waals surface area (Å²) in [4.78, 5) is 61.1. The summed E-state index contributed by atoms with van der Waals surface area (Å²) in [6, 6.07) is -0.609. The molecule has 0 bridgehead atoms. The Hall–Kier alpha value is -3.34. The normalized spacial score (nSPS) is 17.2. The molecule has 1 aliphatic rings. The van der Waals surface area contributed by atoms with E-state index < -0.39 is 48.2 Å². The molecule has 4 N–H and O–H groups in total. The molecule has 1 saturated heterocycles. The molecule has 0 aliphatic carbocycles. The van der Waals surface area contributed by atoms with E-state index in [4.69, 9.17) is 21.4 Å². The van der Waals surface area contributed by atoms with Crippen LogP contribution in [0, 0.1) is 0 Å². The second kappa shape index (κ2) is 10.8. The number of ether oxygens (including phenoxy) is 1. The van der Waals surface area contributed by atoms with E-state index in [1.165, 1.54) is 31.1 Å². The zero-order valence-electron chi connectivity index (χ0n) is 17.5. The predicted octanol–water partition coefficient (Wildman–Crippen LogP) is 0.322. The molecule has 1 unspecified atom stereocenters. The number of aliphatic carboxylic acids is 1.